The minimum absolute atomic E-state index is 0.822. The second-order valence-corrected chi connectivity index (χ2v) is 7.36. The Labute approximate surface area is 158 Å². The van der Waals surface area contributed by atoms with Crippen molar-refractivity contribution < 1.29 is 0 Å². The first kappa shape index (κ1) is 24.0. The van der Waals surface area contributed by atoms with Gasteiger partial charge in [-0.15, -0.1) is 0 Å². The first-order valence-electron chi connectivity index (χ1n) is 11.1. The van der Waals surface area contributed by atoms with Crippen LogP contribution in [-0.4, -0.2) is 0 Å². The zero-order valence-corrected chi connectivity index (χ0v) is 17.3. The molecule has 0 fully saturated rings. The van der Waals surface area contributed by atoms with E-state index < -0.39 is 0 Å². The first-order chi connectivity index (χ1) is 12.3. The number of nitrogens with two attached hydrogens (primary N) is 1. The van der Waals surface area contributed by atoms with Crippen molar-refractivity contribution in [2.24, 2.45) is 0 Å². The molecule has 0 aromatic heterocycles. The third-order valence-corrected chi connectivity index (χ3v) is 4.76. The van der Waals surface area contributed by atoms with Crippen molar-refractivity contribution in [3.8, 4) is 0 Å². The van der Waals surface area contributed by atoms with Crippen molar-refractivity contribution in [2.75, 3.05) is 5.73 Å². The number of hydrogen-bond acceptors (Lipinski definition) is 1. The van der Waals surface area contributed by atoms with Crippen LogP contribution in [0.15, 0.2) is 30.3 Å². The highest BCUT2D eigenvalue weighted by atomic mass is 14.5. The summed E-state index contributed by atoms with van der Waals surface area (Å²) in [6.07, 6.45) is 23.4. The van der Waals surface area contributed by atoms with Crippen LogP contribution < -0.4 is 5.73 Å². The molecule has 0 atom stereocenters. The Kier molecular flexibility index (Phi) is 20.2. The Bertz CT molecular complexity index is 317. The molecule has 1 aromatic rings. The van der Waals surface area contributed by atoms with Crippen molar-refractivity contribution >= 4 is 5.69 Å². The maximum Gasteiger partial charge on any atom is 0.0313 e. The molecule has 0 unspecified atom stereocenters. The fraction of sp³-hybridized carbons (Fsp3) is 0.750. The van der Waals surface area contributed by atoms with Gasteiger partial charge >= 0.3 is 0 Å². The van der Waals surface area contributed by atoms with Gasteiger partial charge in [-0.05, 0) is 12.1 Å². The van der Waals surface area contributed by atoms with Gasteiger partial charge in [0.2, 0.25) is 0 Å². The van der Waals surface area contributed by atoms with Crippen LogP contribution in [0.4, 0.5) is 5.69 Å². The van der Waals surface area contributed by atoms with Crippen LogP contribution in [-0.2, 0) is 0 Å². The summed E-state index contributed by atoms with van der Waals surface area (Å²) in [6.45, 7) is 4.59. The summed E-state index contributed by atoms with van der Waals surface area (Å²) in [5, 5.41) is 0. The number of nitrogen functional groups attached to an aromatic ring is 1. The third-order valence-electron chi connectivity index (χ3n) is 4.76. The quantitative estimate of drug-likeness (QED) is 0.249. The second-order valence-electron chi connectivity index (χ2n) is 7.36. The summed E-state index contributed by atoms with van der Waals surface area (Å²) < 4.78 is 0. The molecule has 1 rings (SSSR count). The molecule has 1 nitrogen and oxygen atoms in total. The van der Waals surface area contributed by atoms with Crippen LogP contribution in [0.3, 0.4) is 0 Å². The van der Waals surface area contributed by atoms with E-state index in [1.165, 1.54) is 103 Å². The van der Waals surface area contributed by atoms with Gasteiger partial charge in [0.1, 0.15) is 0 Å². The topological polar surface area (TPSA) is 26.0 Å². The summed E-state index contributed by atoms with van der Waals surface area (Å²) in [5.41, 5.74) is 6.18. The lowest BCUT2D eigenvalue weighted by molar-refractivity contribution is 0.531. The fourth-order valence-corrected chi connectivity index (χ4v) is 3.07. The van der Waals surface area contributed by atoms with Gasteiger partial charge in [0.05, 0.1) is 0 Å². The first-order valence-corrected chi connectivity index (χ1v) is 11.1. The largest absolute Gasteiger partial charge is 0.399 e. The van der Waals surface area contributed by atoms with Gasteiger partial charge in [-0.3, -0.25) is 0 Å². The summed E-state index contributed by atoms with van der Waals surface area (Å²) in [5.74, 6) is 0. The minimum Gasteiger partial charge on any atom is -0.399 e. The van der Waals surface area contributed by atoms with Gasteiger partial charge < -0.3 is 5.73 Å². The molecule has 0 aliphatic rings. The maximum atomic E-state index is 5.36. The van der Waals surface area contributed by atoms with E-state index in [1.807, 2.05) is 30.3 Å². The Morgan fingerprint density at radius 3 is 0.960 bits per heavy atom. The van der Waals surface area contributed by atoms with Crippen molar-refractivity contribution in [1.29, 1.82) is 0 Å². The molecule has 146 valence electrons. The zero-order chi connectivity index (χ0) is 18.4. The van der Waals surface area contributed by atoms with E-state index in [4.69, 9.17) is 5.73 Å². The Balaban J connectivity index is 0.000000676. The van der Waals surface area contributed by atoms with Gasteiger partial charge in [-0.2, -0.15) is 0 Å². The van der Waals surface area contributed by atoms with E-state index in [9.17, 15) is 0 Å². The molecule has 0 saturated heterocycles. The van der Waals surface area contributed by atoms with E-state index in [0.29, 0.717) is 0 Å². The van der Waals surface area contributed by atoms with E-state index >= 15 is 0 Å². The smallest absolute Gasteiger partial charge is 0.0313 e. The molecule has 25 heavy (non-hydrogen) atoms. The van der Waals surface area contributed by atoms with Gasteiger partial charge in [-0.1, -0.05) is 135 Å². The summed E-state index contributed by atoms with van der Waals surface area (Å²) >= 11 is 0. The van der Waals surface area contributed by atoms with Gasteiger partial charge in [0.15, 0.2) is 0 Å². The molecule has 0 saturated carbocycles. The Morgan fingerprint density at radius 1 is 0.480 bits per heavy atom. The molecule has 0 radical (unpaired) electrons. The number of benzene rings is 1. The van der Waals surface area contributed by atoms with Gasteiger partial charge in [0, 0.05) is 5.69 Å². The summed E-state index contributed by atoms with van der Waals surface area (Å²) in [4.78, 5) is 0. The summed E-state index contributed by atoms with van der Waals surface area (Å²) in [7, 11) is 0. The monoisotopic (exact) mass is 347 g/mol. The highest BCUT2D eigenvalue weighted by Crippen LogP contribution is 2.13. The lowest BCUT2D eigenvalue weighted by atomic mass is 10.0. The van der Waals surface area contributed by atoms with Crippen molar-refractivity contribution in [2.45, 2.75) is 117 Å². The van der Waals surface area contributed by atoms with Crippen molar-refractivity contribution in [1.82, 2.24) is 0 Å². The molecule has 0 spiro atoms. The van der Waals surface area contributed by atoms with E-state index in [1.54, 1.807) is 0 Å². The molecule has 0 amide bonds. The average molecular weight is 348 g/mol. The number of hydrogen-bond donors (Lipinski definition) is 1. The van der Waals surface area contributed by atoms with Gasteiger partial charge in [0.25, 0.3) is 0 Å². The number of para-hydroxylation sites is 1. The molecular weight excluding hydrogens is 302 g/mol. The van der Waals surface area contributed by atoms with Crippen molar-refractivity contribution in [3.05, 3.63) is 30.3 Å². The zero-order valence-electron chi connectivity index (χ0n) is 17.3. The predicted molar refractivity (Wildman–Crippen MR) is 116 cm³/mol. The van der Waals surface area contributed by atoms with Crippen LogP contribution in [0.2, 0.25) is 0 Å². The Hall–Kier alpha value is -0.980. The van der Waals surface area contributed by atoms with Crippen molar-refractivity contribution in [3.63, 3.8) is 0 Å². The van der Waals surface area contributed by atoms with Crippen LogP contribution in [0.5, 0.6) is 0 Å². The molecule has 1 heteroatoms. The van der Waals surface area contributed by atoms with E-state index in [2.05, 4.69) is 13.8 Å². The standard InChI is InChI=1S/C18H38.C6H7N/c1-3-5-7-9-11-13-15-17-18-16-14-12-10-8-6-4-2;7-6-4-2-1-3-5-6/h3-18H2,1-2H3;1-5H,7H2. The predicted octanol–water partition coefficient (Wildman–Crippen LogP) is 8.54. The second kappa shape index (κ2) is 21.1. The number of unbranched alkanes of at least 4 members (excludes halogenated alkanes) is 15. The third kappa shape index (κ3) is 21.0. The summed E-state index contributed by atoms with van der Waals surface area (Å²) in [6, 6.07) is 9.49. The molecular formula is C24H45N. The fourth-order valence-electron chi connectivity index (χ4n) is 3.07. The molecule has 2 N–H and O–H groups in total. The van der Waals surface area contributed by atoms with E-state index in [-0.39, 0.29) is 0 Å². The number of anilines is 1. The molecule has 0 bridgehead atoms. The molecule has 0 aliphatic carbocycles. The molecule has 0 heterocycles. The maximum absolute atomic E-state index is 5.36. The average Bonchev–Trinajstić information content (AvgIpc) is 2.63. The minimum atomic E-state index is 0.822. The Morgan fingerprint density at radius 2 is 0.760 bits per heavy atom. The normalized spacial score (nSPS) is 10.3. The van der Waals surface area contributed by atoms with Gasteiger partial charge in [-0.25, -0.2) is 0 Å². The van der Waals surface area contributed by atoms with Crippen LogP contribution in [0.25, 0.3) is 0 Å². The highest BCUT2D eigenvalue weighted by molar-refractivity contribution is 5.35. The molecule has 1 aromatic carbocycles. The lowest BCUT2D eigenvalue weighted by Crippen LogP contribution is -1.83. The van der Waals surface area contributed by atoms with Crippen LogP contribution in [0.1, 0.15) is 117 Å². The molecule has 0 aliphatic heterocycles. The van der Waals surface area contributed by atoms with E-state index in [0.717, 1.165) is 5.69 Å². The number of rotatable bonds is 15. The van der Waals surface area contributed by atoms with Crippen LogP contribution >= 0.6 is 0 Å². The van der Waals surface area contributed by atoms with Crippen LogP contribution in [0, 0.1) is 0 Å². The lowest BCUT2D eigenvalue weighted by Gasteiger charge is -2.03. The SMILES string of the molecule is CCCCCCCCCCCCCCCCCC.Nc1ccccc1. The highest BCUT2D eigenvalue weighted by Gasteiger charge is 1.93.